The molecule has 1 aromatic carbocycles. The number of fused-ring (bicyclic) bond motifs is 1. The van der Waals surface area contributed by atoms with Crippen LogP contribution in [0.4, 0.5) is 0 Å². The molecule has 0 spiro atoms. The van der Waals surface area contributed by atoms with E-state index in [2.05, 4.69) is 4.98 Å². The van der Waals surface area contributed by atoms with E-state index >= 15 is 0 Å². The van der Waals surface area contributed by atoms with Crippen LogP contribution in [0.25, 0.3) is 11.1 Å². The molecule has 0 radical (unpaired) electrons. The summed E-state index contributed by atoms with van der Waals surface area (Å²) in [4.78, 5) is 3.34. The fourth-order valence-corrected chi connectivity index (χ4v) is 1.09. The summed E-state index contributed by atoms with van der Waals surface area (Å²) in [6.07, 6.45) is 0. The van der Waals surface area contributed by atoms with Gasteiger partial charge in [-0.05, 0) is 24.4 Å². The van der Waals surface area contributed by atoms with Crippen LogP contribution in [0.5, 0.6) is 0 Å². The Balaban J connectivity index is 0.000000605. The van der Waals surface area contributed by atoms with Crippen LogP contribution in [0.2, 0.25) is 0 Å². The van der Waals surface area contributed by atoms with Crippen molar-refractivity contribution in [1.82, 2.24) is 4.98 Å². The van der Waals surface area contributed by atoms with Crippen molar-refractivity contribution in [3.05, 3.63) is 29.1 Å². The van der Waals surface area contributed by atoms with Gasteiger partial charge in [0.2, 0.25) is 0 Å². The molecule has 0 bridgehead atoms. The van der Waals surface area contributed by atoms with Gasteiger partial charge in [0.15, 0.2) is 5.58 Å². The Kier molecular flexibility index (Phi) is 2.90. The second kappa shape index (κ2) is 3.54. The third-order valence-corrected chi connectivity index (χ3v) is 1.51. The molecule has 0 saturated heterocycles. The number of aromatic amines is 1. The third-order valence-electron chi connectivity index (χ3n) is 1.33. The molecule has 0 aliphatic rings. The van der Waals surface area contributed by atoms with Crippen molar-refractivity contribution < 1.29 is 35.4 Å². The van der Waals surface area contributed by atoms with Crippen LogP contribution in [0.1, 0.15) is 1.43 Å². The average Bonchev–Trinajstić information content (AvgIpc) is 2.27. The molecular weight excluding hydrogens is 169 g/mol. The van der Waals surface area contributed by atoms with Gasteiger partial charge in [-0.2, -0.15) is 0 Å². The first-order valence-electron chi connectivity index (χ1n) is 2.94. The average molecular weight is 175 g/mol. The van der Waals surface area contributed by atoms with Crippen molar-refractivity contribution in [2.45, 2.75) is 0 Å². The van der Waals surface area contributed by atoms with Crippen molar-refractivity contribution in [2.75, 3.05) is 0 Å². The fraction of sp³-hybridized carbons (Fsp3) is 0. The van der Waals surface area contributed by atoms with Gasteiger partial charge < -0.3 is 10.8 Å². The number of aromatic nitrogens is 1. The standard InChI is InChI=1S/C7H5NOS.Na.H/c10-7-8-5-3-1-2-4-6(5)9-7;;/h1-4H,(H,8,10);;/q;+1;-1. The van der Waals surface area contributed by atoms with Crippen molar-refractivity contribution >= 4 is 23.3 Å². The van der Waals surface area contributed by atoms with Gasteiger partial charge in [-0.25, -0.2) is 0 Å². The molecule has 11 heavy (non-hydrogen) atoms. The number of benzene rings is 1. The summed E-state index contributed by atoms with van der Waals surface area (Å²) in [5, 5.41) is 0. The SMILES string of the molecule is S=c1[nH]c2ccccc2o1.[H-].[Na+]. The number of rotatable bonds is 0. The molecule has 2 aromatic rings. The van der Waals surface area contributed by atoms with Crippen LogP contribution in [0, 0.1) is 4.84 Å². The Morgan fingerprint density at radius 2 is 2.09 bits per heavy atom. The molecule has 1 aromatic heterocycles. The molecular formula is C7H6NNaOS. The molecule has 0 aliphatic carbocycles. The van der Waals surface area contributed by atoms with Crippen molar-refractivity contribution in [2.24, 2.45) is 0 Å². The minimum Gasteiger partial charge on any atom is -1.00 e. The summed E-state index contributed by atoms with van der Waals surface area (Å²) < 4.78 is 5.13. The number of oxazole rings is 1. The molecule has 0 fully saturated rings. The van der Waals surface area contributed by atoms with Gasteiger partial charge in [-0.15, -0.1) is 0 Å². The molecule has 0 atom stereocenters. The Morgan fingerprint density at radius 3 is 2.82 bits per heavy atom. The minimum atomic E-state index is 0. The van der Waals surface area contributed by atoms with Gasteiger partial charge >= 0.3 is 29.6 Å². The van der Waals surface area contributed by atoms with Crippen molar-refractivity contribution in [1.29, 1.82) is 0 Å². The van der Waals surface area contributed by atoms with E-state index in [0.29, 0.717) is 4.84 Å². The molecule has 52 valence electrons. The summed E-state index contributed by atoms with van der Waals surface area (Å²) in [7, 11) is 0. The largest absolute Gasteiger partial charge is 1.00 e. The minimum absolute atomic E-state index is 0. The van der Waals surface area contributed by atoms with Gasteiger partial charge in [0, 0.05) is 0 Å². The molecule has 1 heterocycles. The van der Waals surface area contributed by atoms with E-state index in [1.165, 1.54) is 0 Å². The topological polar surface area (TPSA) is 28.9 Å². The van der Waals surface area contributed by atoms with E-state index < -0.39 is 0 Å². The Morgan fingerprint density at radius 1 is 1.36 bits per heavy atom. The second-order valence-electron chi connectivity index (χ2n) is 2.01. The van der Waals surface area contributed by atoms with E-state index in [-0.39, 0.29) is 31.0 Å². The van der Waals surface area contributed by atoms with Gasteiger partial charge in [-0.3, -0.25) is 0 Å². The maximum Gasteiger partial charge on any atom is 1.00 e. The van der Waals surface area contributed by atoms with E-state index in [9.17, 15) is 0 Å². The number of hydrogen-bond donors (Lipinski definition) is 1. The van der Waals surface area contributed by atoms with Crippen LogP contribution < -0.4 is 29.6 Å². The zero-order valence-corrected chi connectivity index (χ0v) is 8.94. The zero-order valence-electron chi connectivity index (χ0n) is 7.13. The Bertz CT molecular complexity index is 375. The predicted molar refractivity (Wildman–Crippen MR) is 42.5 cm³/mol. The first kappa shape index (κ1) is 9.00. The van der Waals surface area contributed by atoms with Crippen LogP contribution >= 0.6 is 12.2 Å². The predicted octanol–water partition coefficient (Wildman–Crippen LogP) is -0.393. The third kappa shape index (κ3) is 1.73. The van der Waals surface area contributed by atoms with Gasteiger partial charge in [0.1, 0.15) is 0 Å². The van der Waals surface area contributed by atoms with Crippen LogP contribution in [0.3, 0.4) is 0 Å². The van der Waals surface area contributed by atoms with Crippen LogP contribution in [-0.2, 0) is 0 Å². The monoisotopic (exact) mass is 175 g/mol. The summed E-state index contributed by atoms with van der Waals surface area (Å²) >= 11 is 4.79. The number of H-pyrrole nitrogens is 1. The summed E-state index contributed by atoms with van der Waals surface area (Å²) in [5.74, 6) is 0. The zero-order chi connectivity index (χ0) is 6.97. The van der Waals surface area contributed by atoms with E-state index in [0.717, 1.165) is 11.1 Å². The molecule has 4 heteroatoms. The van der Waals surface area contributed by atoms with Gasteiger partial charge in [0.05, 0.1) is 5.52 Å². The molecule has 0 saturated carbocycles. The molecule has 0 aliphatic heterocycles. The van der Waals surface area contributed by atoms with E-state index in [4.69, 9.17) is 16.6 Å². The molecule has 0 amide bonds. The second-order valence-corrected chi connectivity index (χ2v) is 2.38. The normalized spacial score (nSPS) is 9.45. The summed E-state index contributed by atoms with van der Waals surface area (Å²) in [5.41, 5.74) is 1.76. The smallest absolute Gasteiger partial charge is 1.00 e. The molecule has 1 N–H and O–H groups in total. The number of para-hydroxylation sites is 2. The van der Waals surface area contributed by atoms with Crippen molar-refractivity contribution in [3.8, 4) is 0 Å². The van der Waals surface area contributed by atoms with Crippen LogP contribution in [0.15, 0.2) is 28.7 Å². The number of hydrogen-bond acceptors (Lipinski definition) is 2. The van der Waals surface area contributed by atoms with Gasteiger partial charge in [0.25, 0.3) is 4.84 Å². The molecule has 0 unspecified atom stereocenters. The summed E-state index contributed by atoms with van der Waals surface area (Å²) in [6, 6.07) is 7.65. The molecule has 2 rings (SSSR count). The van der Waals surface area contributed by atoms with Gasteiger partial charge in [-0.1, -0.05) is 12.1 Å². The van der Waals surface area contributed by atoms with E-state index in [1.807, 2.05) is 24.3 Å². The first-order valence-corrected chi connectivity index (χ1v) is 3.35. The van der Waals surface area contributed by atoms with Crippen molar-refractivity contribution in [3.63, 3.8) is 0 Å². The Hall–Kier alpha value is -0.0900. The Labute approximate surface area is 92.4 Å². The maximum absolute atomic E-state index is 5.13. The first-order chi connectivity index (χ1) is 4.86. The number of nitrogens with one attached hydrogen (secondary N) is 1. The maximum atomic E-state index is 5.13. The van der Waals surface area contributed by atoms with Crippen LogP contribution in [-0.4, -0.2) is 4.98 Å². The molecule has 2 nitrogen and oxygen atoms in total. The quantitative estimate of drug-likeness (QED) is 0.436. The van der Waals surface area contributed by atoms with E-state index in [1.54, 1.807) is 0 Å². The fourth-order valence-electron chi connectivity index (χ4n) is 0.894. The summed E-state index contributed by atoms with van der Waals surface area (Å²) in [6.45, 7) is 0.